The van der Waals surface area contributed by atoms with Crippen molar-refractivity contribution in [3.63, 3.8) is 0 Å². The Kier molecular flexibility index (Phi) is 6.94. The minimum atomic E-state index is -1.86. The van der Waals surface area contributed by atoms with Crippen molar-refractivity contribution in [2.75, 3.05) is 13.1 Å². The molecule has 1 amide bonds. The molecule has 0 radical (unpaired) electrons. The number of carbonyl (C=O) groups is 1. The number of halogens is 4. The molecule has 0 unspecified atom stereocenters. The van der Waals surface area contributed by atoms with Gasteiger partial charge in [0.25, 0.3) is 11.5 Å². The van der Waals surface area contributed by atoms with Crippen molar-refractivity contribution >= 4 is 69.6 Å². The topological polar surface area (TPSA) is 66.4 Å². The number of carbonyl (C=O) groups excluding carboxylic acids is 1. The molecule has 6 nitrogen and oxygen atoms in total. The molecule has 2 aromatic rings. The zero-order chi connectivity index (χ0) is 23.0. The molecule has 11 heteroatoms. The van der Waals surface area contributed by atoms with Gasteiger partial charge in [0.15, 0.2) is 5.11 Å². The maximum Gasteiger partial charge on any atom is 0.253 e. The van der Waals surface area contributed by atoms with Crippen LogP contribution in [-0.4, -0.2) is 43.5 Å². The highest BCUT2D eigenvalue weighted by Gasteiger charge is 2.39. The van der Waals surface area contributed by atoms with E-state index < -0.39 is 15.9 Å². The van der Waals surface area contributed by atoms with Gasteiger partial charge in [-0.15, -0.1) is 0 Å². The number of hydrogen-bond acceptors (Lipinski definition) is 3. The van der Waals surface area contributed by atoms with Crippen molar-refractivity contribution in [3.8, 4) is 0 Å². The third-order valence-electron chi connectivity index (χ3n) is 5.72. The quantitative estimate of drug-likeness (QED) is 0.355. The van der Waals surface area contributed by atoms with Crippen molar-refractivity contribution < 1.29 is 4.79 Å². The molecule has 3 atom stereocenters. The van der Waals surface area contributed by atoms with E-state index >= 15 is 0 Å². The van der Waals surface area contributed by atoms with Crippen LogP contribution >= 0.6 is 58.6 Å². The Morgan fingerprint density at radius 2 is 1.84 bits per heavy atom. The van der Waals surface area contributed by atoms with Crippen molar-refractivity contribution in [2.45, 2.75) is 28.8 Å². The lowest BCUT2D eigenvalue weighted by Gasteiger charge is -2.44. The first-order chi connectivity index (χ1) is 15.1. The first-order valence-corrected chi connectivity index (χ1v) is 11.9. The van der Waals surface area contributed by atoms with Gasteiger partial charge in [-0.05, 0) is 48.8 Å². The Labute approximate surface area is 210 Å². The molecule has 1 aromatic carbocycles. The predicted octanol–water partition coefficient (Wildman–Crippen LogP) is 3.92. The van der Waals surface area contributed by atoms with Crippen LogP contribution in [0.2, 0.25) is 5.02 Å². The third-order valence-corrected chi connectivity index (χ3v) is 6.99. The van der Waals surface area contributed by atoms with E-state index in [0.717, 1.165) is 12.1 Å². The number of aromatic nitrogens is 1. The standard InChI is InChI=1S/C21H20Cl4N4O2S/c22-15-4-1-3-13(8-15)18(31)26-19(21(23,24)25)27-20(32)28-9-12-7-14(11-28)16-5-2-6-17(30)29(16)10-12/h1-6,8,12,14,19H,7,9-11H2,(H,26,31)(H,27,32)/t12-,14-,19+/m1/s1. The Bertz CT molecular complexity index is 1100. The summed E-state index contributed by atoms with van der Waals surface area (Å²) in [6.07, 6.45) is -0.0785. The predicted molar refractivity (Wildman–Crippen MR) is 132 cm³/mol. The second kappa shape index (κ2) is 9.39. The number of nitrogens with zero attached hydrogens (tertiary/aromatic N) is 2. The number of likely N-dealkylation sites (tertiary alicyclic amines) is 1. The summed E-state index contributed by atoms with van der Waals surface area (Å²) in [5.41, 5.74) is 1.36. The van der Waals surface area contributed by atoms with Crippen LogP contribution in [0.3, 0.4) is 0 Å². The highest BCUT2D eigenvalue weighted by molar-refractivity contribution is 7.80. The Morgan fingerprint density at radius 1 is 1.09 bits per heavy atom. The fourth-order valence-corrected chi connectivity index (χ4v) is 5.11. The summed E-state index contributed by atoms with van der Waals surface area (Å²) in [6, 6.07) is 11.8. The smallest absolute Gasteiger partial charge is 0.253 e. The second-order valence-corrected chi connectivity index (χ2v) is 11.2. The molecular formula is C21H20Cl4N4O2S. The molecule has 4 rings (SSSR count). The fourth-order valence-electron chi connectivity index (χ4n) is 4.32. The third kappa shape index (κ3) is 5.18. The van der Waals surface area contributed by atoms with E-state index in [2.05, 4.69) is 10.6 Å². The van der Waals surface area contributed by atoms with E-state index in [1.807, 2.05) is 15.5 Å². The molecule has 2 aliphatic heterocycles. The van der Waals surface area contributed by atoms with Gasteiger partial charge >= 0.3 is 0 Å². The van der Waals surface area contributed by atoms with Crippen LogP contribution < -0.4 is 16.2 Å². The van der Waals surface area contributed by atoms with E-state index in [-0.39, 0.29) is 17.4 Å². The normalized spacial score (nSPS) is 20.8. The number of hydrogen-bond donors (Lipinski definition) is 2. The van der Waals surface area contributed by atoms with Gasteiger partial charge in [-0.1, -0.05) is 58.5 Å². The van der Waals surface area contributed by atoms with E-state index in [4.69, 9.17) is 58.6 Å². The summed E-state index contributed by atoms with van der Waals surface area (Å²) in [6.45, 7) is 1.93. The summed E-state index contributed by atoms with van der Waals surface area (Å²) in [5, 5.41) is 6.47. The number of benzene rings is 1. The van der Waals surface area contributed by atoms with E-state index in [0.29, 0.717) is 35.3 Å². The zero-order valence-corrected chi connectivity index (χ0v) is 20.6. The molecule has 0 saturated carbocycles. The van der Waals surface area contributed by atoms with Crippen LogP contribution in [0.1, 0.15) is 28.4 Å². The van der Waals surface area contributed by atoms with Crippen molar-refractivity contribution in [2.24, 2.45) is 5.92 Å². The molecule has 1 fully saturated rings. The molecule has 2 aliphatic rings. The number of piperidine rings is 1. The molecule has 32 heavy (non-hydrogen) atoms. The van der Waals surface area contributed by atoms with Gasteiger partial charge in [-0.3, -0.25) is 9.59 Å². The van der Waals surface area contributed by atoms with E-state index in [1.54, 1.807) is 30.3 Å². The van der Waals surface area contributed by atoms with Crippen LogP contribution in [0, 0.1) is 5.92 Å². The highest BCUT2D eigenvalue weighted by Crippen LogP contribution is 2.35. The number of rotatable bonds is 3. The van der Waals surface area contributed by atoms with Crippen molar-refractivity contribution in [1.29, 1.82) is 0 Å². The number of pyridine rings is 1. The Balaban J connectivity index is 1.47. The number of fused-ring (bicyclic) bond motifs is 4. The summed E-state index contributed by atoms with van der Waals surface area (Å²) in [4.78, 5) is 26.9. The number of nitrogens with one attached hydrogen (secondary N) is 2. The van der Waals surface area contributed by atoms with Gasteiger partial charge in [0.2, 0.25) is 3.79 Å². The van der Waals surface area contributed by atoms with Crippen LogP contribution in [0.15, 0.2) is 47.3 Å². The summed E-state index contributed by atoms with van der Waals surface area (Å²) >= 11 is 30.0. The Morgan fingerprint density at radius 3 is 2.56 bits per heavy atom. The largest absolute Gasteiger partial charge is 0.348 e. The molecule has 170 valence electrons. The highest BCUT2D eigenvalue weighted by atomic mass is 35.6. The lowest BCUT2D eigenvalue weighted by atomic mass is 9.83. The van der Waals surface area contributed by atoms with E-state index in [9.17, 15) is 9.59 Å². The monoisotopic (exact) mass is 532 g/mol. The SMILES string of the molecule is O=C(N[C@@H](NC(=S)N1C[C@H]2C[C@H](C1)c1cccc(=O)n1C2)C(Cl)(Cl)Cl)c1cccc(Cl)c1. The van der Waals surface area contributed by atoms with Gasteiger partial charge in [0, 0.05) is 47.9 Å². The lowest BCUT2D eigenvalue weighted by molar-refractivity contribution is 0.0932. The average Bonchev–Trinajstić information content (AvgIpc) is 2.73. The molecule has 0 aliphatic carbocycles. The van der Waals surface area contributed by atoms with Crippen LogP contribution in [0.25, 0.3) is 0 Å². The van der Waals surface area contributed by atoms with Gasteiger partial charge < -0.3 is 20.1 Å². The average molecular weight is 534 g/mol. The van der Waals surface area contributed by atoms with Crippen molar-refractivity contribution in [3.05, 3.63) is 69.1 Å². The lowest BCUT2D eigenvalue weighted by Crippen LogP contribution is -2.60. The number of thiocarbonyl (C=S) groups is 1. The van der Waals surface area contributed by atoms with Gasteiger partial charge in [0.05, 0.1) is 0 Å². The molecule has 1 saturated heterocycles. The van der Waals surface area contributed by atoms with E-state index in [1.165, 1.54) is 6.07 Å². The second-order valence-electron chi connectivity index (χ2n) is 8.01. The number of alkyl halides is 3. The minimum absolute atomic E-state index is 0.0198. The summed E-state index contributed by atoms with van der Waals surface area (Å²) in [5.74, 6) is -0.0141. The maximum absolute atomic E-state index is 12.7. The maximum atomic E-state index is 12.7. The molecule has 3 heterocycles. The van der Waals surface area contributed by atoms with Crippen LogP contribution in [0.5, 0.6) is 0 Å². The first kappa shape index (κ1) is 23.6. The molecular weight excluding hydrogens is 514 g/mol. The fraction of sp³-hybridized carbons (Fsp3) is 0.381. The minimum Gasteiger partial charge on any atom is -0.348 e. The van der Waals surface area contributed by atoms with Crippen LogP contribution in [0.4, 0.5) is 0 Å². The zero-order valence-electron chi connectivity index (χ0n) is 16.7. The molecule has 0 spiro atoms. The number of amides is 1. The molecule has 2 bridgehead atoms. The Hall–Kier alpha value is -1.51. The van der Waals surface area contributed by atoms with Gasteiger partial charge in [0.1, 0.15) is 6.17 Å². The summed E-state index contributed by atoms with van der Waals surface area (Å²) in [7, 11) is 0. The van der Waals surface area contributed by atoms with Gasteiger partial charge in [-0.25, -0.2) is 0 Å². The van der Waals surface area contributed by atoms with Crippen molar-refractivity contribution in [1.82, 2.24) is 20.1 Å². The van der Waals surface area contributed by atoms with Gasteiger partial charge in [-0.2, -0.15) is 0 Å². The van der Waals surface area contributed by atoms with Crippen LogP contribution in [-0.2, 0) is 6.54 Å². The summed E-state index contributed by atoms with van der Waals surface area (Å²) < 4.78 is -0.00809. The molecule has 2 N–H and O–H groups in total. The molecule has 1 aromatic heterocycles. The first-order valence-electron chi connectivity index (χ1n) is 10.00.